The van der Waals surface area contributed by atoms with Crippen molar-refractivity contribution in [3.05, 3.63) is 102 Å². The van der Waals surface area contributed by atoms with Crippen molar-refractivity contribution in [3.8, 4) is 5.75 Å². The lowest BCUT2D eigenvalue weighted by molar-refractivity contribution is -0.135. The average Bonchev–Trinajstić information content (AvgIpc) is 3.45. The van der Waals surface area contributed by atoms with E-state index in [2.05, 4.69) is 35.8 Å². The fourth-order valence-electron chi connectivity index (χ4n) is 4.86. The predicted molar refractivity (Wildman–Crippen MR) is 139 cm³/mol. The predicted octanol–water partition coefficient (Wildman–Crippen LogP) is 5.61. The van der Waals surface area contributed by atoms with Crippen molar-refractivity contribution in [2.45, 2.75) is 45.4 Å². The van der Waals surface area contributed by atoms with Gasteiger partial charge in [0.1, 0.15) is 12.4 Å². The first-order valence-electron chi connectivity index (χ1n) is 12.4. The molecule has 36 heavy (non-hydrogen) atoms. The third-order valence-corrected chi connectivity index (χ3v) is 6.70. The minimum absolute atomic E-state index is 0.184. The van der Waals surface area contributed by atoms with Gasteiger partial charge in [-0.1, -0.05) is 73.7 Å². The molecule has 1 saturated heterocycles. The maximum atomic E-state index is 13.4. The zero-order valence-electron chi connectivity index (χ0n) is 20.6. The van der Waals surface area contributed by atoms with E-state index in [4.69, 9.17) is 9.47 Å². The molecule has 0 N–H and O–H groups in total. The molecule has 3 aromatic carbocycles. The van der Waals surface area contributed by atoms with Crippen LogP contribution in [0.15, 0.2) is 84.9 Å². The number of hydrogen-bond donors (Lipinski definition) is 0. The summed E-state index contributed by atoms with van der Waals surface area (Å²) in [5, 5.41) is 0.953. The smallest absolute Gasteiger partial charge is 0.417 e. The van der Waals surface area contributed by atoms with Gasteiger partial charge in [-0.3, -0.25) is 4.79 Å². The monoisotopic (exact) mass is 482 g/mol. The summed E-state index contributed by atoms with van der Waals surface area (Å²) in [4.78, 5) is 27.0. The molecule has 1 aliphatic rings. The fraction of sp³-hybridized carbons (Fsp3) is 0.267. The second kappa shape index (κ2) is 10.3. The number of carbonyl (C=O) groups is 2. The van der Waals surface area contributed by atoms with E-state index in [1.54, 1.807) is 6.92 Å². The van der Waals surface area contributed by atoms with Crippen LogP contribution >= 0.6 is 0 Å². The van der Waals surface area contributed by atoms with Crippen LogP contribution in [0.4, 0.5) is 4.79 Å². The Morgan fingerprint density at radius 1 is 1.00 bits per heavy atom. The summed E-state index contributed by atoms with van der Waals surface area (Å²) in [7, 11) is 0. The van der Waals surface area contributed by atoms with Gasteiger partial charge >= 0.3 is 6.09 Å². The number of imide groups is 1. The standard InChI is InChI=1S/C30H30N2O4/c1-3-24-18-26-27(31(24)19-23-13-8-5-9-14-23)15-10-16-28(26)36-21(2)29(33)32-25(20-35-30(32)34)17-22-11-6-4-7-12-22/h4-16,18,21,25H,3,17,19-20H2,1-2H3/t21-,25+/m1/s1. The van der Waals surface area contributed by atoms with Gasteiger partial charge in [0.2, 0.25) is 0 Å². The van der Waals surface area contributed by atoms with E-state index in [1.807, 2.05) is 60.7 Å². The third-order valence-electron chi connectivity index (χ3n) is 6.70. The zero-order chi connectivity index (χ0) is 25.1. The van der Waals surface area contributed by atoms with Crippen LogP contribution in [-0.4, -0.2) is 40.2 Å². The van der Waals surface area contributed by atoms with E-state index in [9.17, 15) is 9.59 Å². The molecule has 2 amide bonds. The molecule has 4 aromatic rings. The molecule has 2 atom stereocenters. The first-order valence-corrected chi connectivity index (χ1v) is 12.4. The van der Waals surface area contributed by atoms with Crippen LogP contribution in [-0.2, 0) is 28.9 Å². The van der Waals surface area contributed by atoms with Crippen molar-refractivity contribution in [1.82, 2.24) is 9.47 Å². The molecule has 6 nitrogen and oxygen atoms in total. The van der Waals surface area contributed by atoms with Gasteiger partial charge in [-0.25, -0.2) is 9.69 Å². The van der Waals surface area contributed by atoms with E-state index in [0.29, 0.717) is 12.2 Å². The molecule has 1 aromatic heterocycles. The van der Waals surface area contributed by atoms with Gasteiger partial charge in [0.15, 0.2) is 6.10 Å². The molecule has 6 heteroatoms. The van der Waals surface area contributed by atoms with Crippen molar-refractivity contribution < 1.29 is 19.1 Å². The SMILES string of the molecule is CCc1cc2c(O[C@H](C)C(=O)N3C(=O)OC[C@@H]3Cc3ccccc3)cccc2n1Cc1ccccc1. The van der Waals surface area contributed by atoms with Crippen molar-refractivity contribution in [3.63, 3.8) is 0 Å². The van der Waals surface area contributed by atoms with E-state index in [0.717, 1.165) is 29.4 Å². The molecule has 2 heterocycles. The van der Waals surface area contributed by atoms with E-state index in [1.165, 1.54) is 16.2 Å². The number of rotatable bonds is 8. The second-order valence-corrected chi connectivity index (χ2v) is 9.14. The lowest BCUT2D eigenvalue weighted by Crippen LogP contribution is -2.46. The summed E-state index contributed by atoms with van der Waals surface area (Å²) < 4.78 is 13.7. The van der Waals surface area contributed by atoms with Crippen LogP contribution in [0, 0.1) is 0 Å². The number of fused-ring (bicyclic) bond motifs is 1. The van der Waals surface area contributed by atoms with Crippen molar-refractivity contribution in [1.29, 1.82) is 0 Å². The Bertz CT molecular complexity index is 1360. The molecular weight excluding hydrogens is 452 g/mol. The van der Waals surface area contributed by atoms with E-state index >= 15 is 0 Å². The van der Waals surface area contributed by atoms with Crippen molar-refractivity contribution >= 4 is 22.9 Å². The number of cyclic esters (lactones) is 1. The molecule has 0 radical (unpaired) electrons. The highest BCUT2D eigenvalue weighted by atomic mass is 16.6. The lowest BCUT2D eigenvalue weighted by Gasteiger charge is -2.23. The summed E-state index contributed by atoms with van der Waals surface area (Å²) in [6.45, 7) is 4.76. The zero-order valence-corrected chi connectivity index (χ0v) is 20.6. The Kier molecular flexibility index (Phi) is 6.76. The topological polar surface area (TPSA) is 60.8 Å². The molecular formula is C30H30N2O4. The summed E-state index contributed by atoms with van der Waals surface area (Å²) in [6, 6.07) is 27.8. The number of nitrogens with zero attached hydrogens (tertiary/aromatic N) is 2. The normalized spacial score (nSPS) is 16.2. The molecule has 0 unspecified atom stereocenters. The summed E-state index contributed by atoms with van der Waals surface area (Å²) in [6.07, 6.45) is -0.0436. The molecule has 184 valence electrons. The Balaban J connectivity index is 1.38. The van der Waals surface area contributed by atoms with Crippen LogP contribution in [0.3, 0.4) is 0 Å². The lowest BCUT2D eigenvalue weighted by atomic mass is 10.1. The quantitative estimate of drug-likeness (QED) is 0.328. The van der Waals surface area contributed by atoms with Gasteiger partial charge in [-0.15, -0.1) is 0 Å². The van der Waals surface area contributed by atoms with Crippen molar-refractivity contribution in [2.24, 2.45) is 0 Å². The van der Waals surface area contributed by atoms with Crippen LogP contribution in [0.5, 0.6) is 5.75 Å². The largest absolute Gasteiger partial charge is 0.480 e. The number of carbonyl (C=O) groups excluding carboxylic acids is 2. The molecule has 0 bridgehead atoms. The third kappa shape index (κ3) is 4.71. The van der Waals surface area contributed by atoms with Gasteiger partial charge in [0.25, 0.3) is 5.91 Å². The van der Waals surface area contributed by atoms with E-state index in [-0.39, 0.29) is 12.6 Å². The maximum Gasteiger partial charge on any atom is 0.417 e. The van der Waals surface area contributed by atoms with Gasteiger partial charge in [0, 0.05) is 17.6 Å². The number of aryl methyl sites for hydroxylation is 1. The number of benzene rings is 3. The molecule has 0 aliphatic carbocycles. The van der Waals surface area contributed by atoms with Gasteiger partial charge in [-0.05, 0) is 49.1 Å². The average molecular weight is 483 g/mol. The van der Waals surface area contributed by atoms with Crippen molar-refractivity contribution in [2.75, 3.05) is 6.61 Å². The minimum atomic E-state index is -0.845. The summed E-state index contributed by atoms with van der Waals surface area (Å²) in [5.41, 5.74) is 4.51. The fourth-order valence-corrected chi connectivity index (χ4v) is 4.86. The Morgan fingerprint density at radius 2 is 1.69 bits per heavy atom. The summed E-state index contributed by atoms with van der Waals surface area (Å²) >= 11 is 0. The van der Waals surface area contributed by atoms with Crippen LogP contribution in [0.1, 0.15) is 30.7 Å². The van der Waals surface area contributed by atoms with Gasteiger partial charge < -0.3 is 14.0 Å². The highest BCUT2D eigenvalue weighted by molar-refractivity contribution is 5.96. The van der Waals surface area contributed by atoms with Crippen LogP contribution in [0.25, 0.3) is 10.9 Å². The number of aromatic nitrogens is 1. The molecule has 5 rings (SSSR count). The van der Waals surface area contributed by atoms with E-state index < -0.39 is 18.1 Å². The number of amides is 2. The Hall–Kier alpha value is -4.06. The highest BCUT2D eigenvalue weighted by Crippen LogP contribution is 2.31. The van der Waals surface area contributed by atoms with Gasteiger partial charge in [-0.2, -0.15) is 0 Å². The first kappa shape index (κ1) is 23.7. The Labute approximate surface area is 211 Å². The van der Waals surface area contributed by atoms with Crippen LogP contribution in [0.2, 0.25) is 0 Å². The molecule has 0 saturated carbocycles. The number of ether oxygens (including phenoxy) is 2. The number of hydrogen-bond acceptors (Lipinski definition) is 4. The summed E-state index contributed by atoms with van der Waals surface area (Å²) in [5.74, 6) is 0.233. The highest BCUT2D eigenvalue weighted by Gasteiger charge is 2.40. The molecule has 1 fully saturated rings. The Morgan fingerprint density at radius 3 is 2.39 bits per heavy atom. The molecule has 0 spiro atoms. The first-order chi connectivity index (χ1) is 17.5. The maximum absolute atomic E-state index is 13.4. The molecule has 1 aliphatic heterocycles. The second-order valence-electron chi connectivity index (χ2n) is 9.14. The van der Waals surface area contributed by atoms with Crippen LogP contribution < -0.4 is 4.74 Å². The minimum Gasteiger partial charge on any atom is -0.480 e. The van der Waals surface area contributed by atoms with Gasteiger partial charge in [0.05, 0.1) is 11.6 Å².